The number of ketones is 1. The fourth-order valence-electron chi connectivity index (χ4n) is 1.31. The summed E-state index contributed by atoms with van der Waals surface area (Å²) in [5.41, 5.74) is 2.58. The molecule has 0 aromatic heterocycles. The van der Waals surface area contributed by atoms with E-state index in [1.165, 1.54) is 5.01 Å². The second kappa shape index (κ2) is 2.48. The van der Waals surface area contributed by atoms with Crippen LogP contribution in [0.4, 0.5) is 0 Å². The van der Waals surface area contributed by atoms with Gasteiger partial charge in [0.2, 0.25) is 5.91 Å². The van der Waals surface area contributed by atoms with Gasteiger partial charge in [0, 0.05) is 6.20 Å². The molecular weight excluding hydrogens is 156 g/mol. The third-order valence-electron chi connectivity index (χ3n) is 1.87. The van der Waals surface area contributed by atoms with Crippen LogP contribution in [-0.4, -0.2) is 22.7 Å². The summed E-state index contributed by atoms with van der Waals surface area (Å²) in [7, 11) is 0. The molecule has 0 saturated carbocycles. The maximum atomic E-state index is 11.3. The summed E-state index contributed by atoms with van der Waals surface area (Å²) in [5.74, 6) is -0.296. The third-order valence-corrected chi connectivity index (χ3v) is 1.87. The first-order valence-electron chi connectivity index (χ1n) is 3.73. The van der Waals surface area contributed by atoms with Crippen LogP contribution in [0.5, 0.6) is 0 Å². The molecule has 2 heterocycles. The number of hydrazine groups is 1. The highest BCUT2D eigenvalue weighted by Crippen LogP contribution is 2.12. The van der Waals surface area contributed by atoms with Crippen LogP contribution in [-0.2, 0) is 9.59 Å². The molecule has 1 fully saturated rings. The van der Waals surface area contributed by atoms with Crippen LogP contribution in [0, 0.1) is 0 Å². The number of allylic oxidation sites excluding steroid dienone is 2. The molecule has 0 aliphatic carbocycles. The lowest BCUT2D eigenvalue weighted by Gasteiger charge is -2.32. The lowest BCUT2D eigenvalue weighted by molar-refractivity contribution is -0.138. The molecule has 2 rings (SSSR count). The fourth-order valence-corrected chi connectivity index (χ4v) is 1.31. The lowest BCUT2D eigenvalue weighted by atomic mass is 10.1. The Labute approximate surface area is 69.5 Å². The third kappa shape index (κ3) is 1.01. The molecule has 1 N–H and O–H groups in total. The van der Waals surface area contributed by atoms with E-state index < -0.39 is 0 Å². The molecule has 0 bridgehead atoms. The molecular formula is C8H8N2O2. The number of hydrogen-bond acceptors (Lipinski definition) is 3. The molecule has 0 aromatic carbocycles. The Hall–Kier alpha value is -1.58. The first-order valence-corrected chi connectivity index (χ1v) is 3.73. The van der Waals surface area contributed by atoms with E-state index in [0.717, 1.165) is 0 Å². The van der Waals surface area contributed by atoms with Crippen LogP contribution in [0.15, 0.2) is 24.4 Å². The molecule has 1 saturated heterocycles. The average Bonchev–Trinajstić information content (AvgIpc) is 2.04. The predicted octanol–water partition coefficient (Wildman–Crippen LogP) is -0.256. The Morgan fingerprint density at radius 2 is 2.25 bits per heavy atom. The number of carbonyl (C=O) groups is 2. The van der Waals surface area contributed by atoms with Crippen molar-refractivity contribution >= 4 is 11.7 Å². The normalized spacial score (nSPS) is 27.0. The molecule has 1 unspecified atom stereocenters. The maximum Gasteiger partial charge on any atom is 0.246 e. The Morgan fingerprint density at radius 1 is 1.42 bits per heavy atom. The van der Waals surface area contributed by atoms with Gasteiger partial charge in [-0.2, -0.15) is 0 Å². The van der Waals surface area contributed by atoms with Crippen molar-refractivity contribution in [1.29, 1.82) is 0 Å². The van der Waals surface area contributed by atoms with Crippen molar-refractivity contribution in [3.63, 3.8) is 0 Å². The zero-order valence-electron chi connectivity index (χ0n) is 6.36. The van der Waals surface area contributed by atoms with Crippen molar-refractivity contribution in [2.75, 3.05) is 0 Å². The van der Waals surface area contributed by atoms with Gasteiger partial charge in [0.05, 0.1) is 6.42 Å². The van der Waals surface area contributed by atoms with Crippen LogP contribution in [0.1, 0.15) is 6.42 Å². The van der Waals surface area contributed by atoms with E-state index in [1.54, 1.807) is 24.4 Å². The van der Waals surface area contributed by atoms with Crippen LogP contribution in [0.3, 0.4) is 0 Å². The largest absolute Gasteiger partial charge is 0.296 e. The zero-order chi connectivity index (χ0) is 8.55. The first-order chi connectivity index (χ1) is 5.77. The molecule has 4 nitrogen and oxygen atoms in total. The van der Waals surface area contributed by atoms with Crippen molar-refractivity contribution in [1.82, 2.24) is 10.4 Å². The van der Waals surface area contributed by atoms with Crippen LogP contribution in [0.2, 0.25) is 0 Å². The van der Waals surface area contributed by atoms with Gasteiger partial charge >= 0.3 is 0 Å². The Balaban J connectivity index is 2.25. The molecule has 2 aliphatic rings. The quantitative estimate of drug-likeness (QED) is 0.502. The minimum Gasteiger partial charge on any atom is -0.296 e. The van der Waals surface area contributed by atoms with Crippen LogP contribution < -0.4 is 5.43 Å². The monoisotopic (exact) mass is 164 g/mol. The SMILES string of the molecule is O=C1CC(=O)C2C=CC=CN2N1. The first kappa shape index (κ1) is 7.09. The molecule has 0 spiro atoms. The van der Waals surface area contributed by atoms with Crippen molar-refractivity contribution in [2.45, 2.75) is 12.5 Å². The Morgan fingerprint density at radius 3 is 3.08 bits per heavy atom. The minimum atomic E-state index is -0.298. The second-order valence-electron chi connectivity index (χ2n) is 2.76. The smallest absolute Gasteiger partial charge is 0.246 e. The Kier molecular flexibility index (Phi) is 1.46. The number of amides is 1. The van der Waals surface area contributed by atoms with E-state index in [-0.39, 0.29) is 24.2 Å². The number of carbonyl (C=O) groups excluding carboxylic acids is 2. The van der Waals surface area contributed by atoms with Crippen LogP contribution >= 0.6 is 0 Å². The number of nitrogens with one attached hydrogen (secondary N) is 1. The van der Waals surface area contributed by atoms with Crippen molar-refractivity contribution in [3.8, 4) is 0 Å². The highest BCUT2D eigenvalue weighted by molar-refractivity contribution is 6.03. The summed E-state index contributed by atoms with van der Waals surface area (Å²) < 4.78 is 0. The molecule has 12 heavy (non-hydrogen) atoms. The molecule has 0 radical (unpaired) electrons. The van der Waals surface area contributed by atoms with Gasteiger partial charge in [-0.3, -0.25) is 20.0 Å². The number of fused-ring (bicyclic) bond motifs is 1. The van der Waals surface area contributed by atoms with Gasteiger partial charge in [-0.05, 0) is 6.08 Å². The number of hydrogen-bond donors (Lipinski definition) is 1. The average molecular weight is 164 g/mol. The summed E-state index contributed by atoms with van der Waals surface area (Å²) in [6.07, 6.45) is 7.01. The van der Waals surface area contributed by atoms with Crippen molar-refractivity contribution < 1.29 is 9.59 Å². The minimum absolute atomic E-state index is 0.0145. The zero-order valence-corrected chi connectivity index (χ0v) is 6.36. The summed E-state index contributed by atoms with van der Waals surface area (Å²) in [6, 6.07) is -0.298. The predicted molar refractivity (Wildman–Crippen MR) is 41.7 cm³/mol. The molecule has 0 aromatic rings. The van der Waals surface area contributed by atoms with E-state index >= 15 is 0 Å². The van der Waals surface area contributed by atoms with E-state index in [9.17, 15) is 9.59 Å². The Bertz CT molecular complexity index is 293. The fraction of sp³-hybridized carbons (Fsp3) is 0.250. The number of Topliss-reactive ketones (excluding diaryl/α,β-unsaturated/α-hetero) is 1. The van der Waals surface area contributed by atoms with E-state index in [1.807, 2.05) is 0 Å². The molecule has 1 atom stereocenters. The summed E-state index contributed by atoms with van der Waals surface area (Å²) in [5, 5.41) is 1.52. The number of nitrogens with zero attached hydrogens (tertiary/aromatic N) is 1. The van der Waals surface area contributed by atoms with Gasteiger partial charge in [-0.1, -0.05) is 12.2 Å². The van der Waals surface area contributed by atoms with Gasteiger partial charge in [-0.15, -0.1) is 0 Å². The highest BCUT2D eigenvalue weighted by atomic mass is 16.2. The van der Waals surface area contributed by atoms with Gasteiger partial charge in [-0.25, -0.2) is 0 Å². The van der Waals surface area contributed by atoms with Gasteiger partial charge in [0.1, 0.15) is 6.04 Å². The van der Waals surface area contributed by atoms with Crippen LogP contribution in [0.25, 0.3) is 0 Å². The molecule has 2 aliphatic heterocycles. The topological polar surface area (TPSA) is 49.4 Å². The highest BCUT2D eigenvalue weighted by Gasteiger charge is 2.30. The van der Waals surface area contributed by atoms with Crippen molar-refractivity contribution in [2.24, 2.45) is 0 Å². The molecule has 4 heteroatoms. The summed E-state index contributed by atoms with van der Waals surface area (Å²) in [4.78, 5) is 22.1. The molecule has 1 amide bonds. The molecule has 62 valence electrons. The lowest BCUT2D eigenvalue weighted by Crippen LogP contribution is -2.54. The number of rotatable bonds is 0. The standard InChI is InChI=1S/C8H8N2O2/c11-7-5-8(12)9-10-4-2-1-3-6(7)10/h1-4,6H,5H2,(H,9,12). The van der Waals surface area contributed by atoms with E-state index in [2.05, 4.69) is 5.43 Å². The maximum absolute atomic E-state index is 11.3. The van der Waals surface area contributed by atoms with E-state index in [0.29, 0.717) is 0 Å². The van der Waals surface area contributed by atoms with Gasteiger partial charge < -0.3 is 0 Å². The second-order valence-corrected chi connectivity index (χ2v) is 2.76. The van der Waals surface area contributed by atoms with Crippen molar-refractivity contribution in [3.05, 3.63) is 24.4 Å². The van der Waals surface area contributed by atoms with Gasteiger partial charge in [0.15, 0.2) is 5.78 Å². The van der Waals surface area contributed by atoms with Gasteiger partial charge in [0.25, 0.3) is 0 Å². The van der Waals surface area contributed by atoms with E-state index in [4.69, 9.17) is 0 Å². The summed E-state index contributed by atoms with van der Waals surface area (Å²) >= 11 is 0. The summed E-state index contributed by atoms with van der Waals surface area (Å²) in [6.45, 7) is 0.